The van der Waals surface area contributed by atoms with Gasteiger partial charge in [-0.15, -0.1) is 5.10 Å². The number of carbonyl (C=O) groups excluding carboxylic acids is 1. The number of nitrogens with zero attached hydrogens (tertiary/aromatic N) is 3. The Kier molecular flexibility index (Phi) is 8.55. The van der Waals surface area contributed by atoms with Crippen LogP contribution < -0.4 is 24.6 Å². The Hall–Kier alpha value is -4.31. The third-order valence-electron chi connectivity index (χ3n) is 5.98. The summed E-state index contributed by atoms with van der Waals surface area (Å²) in [6, 6.07) is 20.8. The smallest absolute Gasteiger partial charge is 0.342 e. The number of aromatic nitrogens is 3. The second-order valence-electron chi connectivity index (χ2n) is 9.68. The Bertz CT molecular complexity index is 1460. The molecule has 9 nitrogen and oxygen atoms in total. The molecule has 0 fully saturated rings. The average molecular weight is 546 g/mol. The first kappa shape index (κ1) is 27.7. The number of rotatable bonds is 9. The van der Waals surface area contributed by atoms with Crippen LogP contribution in [0.4, 0.5) is 0 Å². The second-order valence-corrected chi connectivity index (χ2v) is 10.6. The van der Waals surface area contributed by atoms with Crippen LogP contribution in [0.25, 0.3) is 17.1 Å². The average Bonchev–Trinajstić information content (AvgIpc) is 3.36. The highest BCUT2D eigenvalue weighted by atomic mass is 32.2. The molecule has 0 aliphatic heterocycles. The zero-order valence-corrected chi connectivity index (χ0v) is 23.3. The van der Waals surface area contributed by atoms with Gasteiger partial charge in [-0.1, -0.05) is 50.8 Å². The van der Waals surface area contributed by atoms with Crippen LogP contribution >= 0.6 is 11.8 Å². The zero-order valence-electron chi connectivity index (χ0n) is 22.5. The number of methoxy groups -OCH3 is 2. The van der Waals surface area contributed by atoms with Crippen LogP contribution in [0, 0.1) is 0 Å². The normalized spacial score (nSPS) is 11.5. The van der Waals surface area contributed by atoms with Crippen LogP contribution in [-0.4, -0.2) is 42.3 Å². The largest absolute Gasteiger partial charge is 0.870 e. The molecule has 4 aromatic rings. The molecule has 1 aromatic heterocycles. The van der Waals surface area contributed by atoms with Crippen molar-refractivity contribution in [2.24, 2.45) is 5.10 Å². The highest BCUT2D eigenvalue weighted by Crippen LogP contribution is 2.27. The lowest BCUT2D eigenvalue weighted by atomic mass is 9.87. The number of ether oxygens (including phenoxy) is 2. The molecule has 0 bridgehead atoms. The second kappa shape index (κ2) is 12.0. The first-order valence-electron chi connectivity index (χ1n) is 12.3. The number of carbonyl (C=O) groups is 1. The maximum Gasteiger partial charge on any atom is 0.342 e. The van der Waals surface area contributed by atoms with Crippen molar-refractivity contribution in [3.63, 3.8) is 0 Å². The predicted octanol–water partition coefficient (Wildman–Crippen LogP) is 3.98. The number of para-hydroxylation sites is 1. The highest BCUT2D eigenvalue weighted by molar-refractivity contribution is 7.99. The Balaban J connectivity index is 1.54. The van der Waals surface area contributed by atoms with Gasteiger partial charge in [0.25, 0.3) is 11.7 Å². The summed E-state index contributed by atoms with van der Waals surface area (Å²) in [6.45, 7) is 6.53. The van der Waals surface area contributed by atoms with Gasteiger partial charge in [0.1, 0.15) is 17.2 Å². The molecular weight excluding hydrogens is 514 g/mol. The summed E-state index contributed by atoms with van der Waals surface area (Å²) in [5, 5.41) is 24.4. The van der Waals surface area contributed by atoms with E-state index in [1.165, 1.54) is 30.6 Å². The minimum atomic E-state index is -0.341. The lowest BCUT2D eigenvalue weighted by Crippen LogP contribution is -2.34. The minimum Gasteiger partial charge on any atom is -0.870 e. The number of thioether (sulfide) groups is 1. The molecule has 202 valence electrons. The summed E-state index contributed by atoms with van der Waals surface area (Å²) in [4.78, 5) is 12.5. The molecule has 0 aliphatic rings. The van der Waals surface area contributed by atoms with Crippen LogP contribution in [0.5, 0.6) is 17.2 Å². The van der Waals surface area contributed by atoms with Crippen LogP contribution in [0.1, 0.15) is 31.9 Å². The van der Waals surface area contributed by atoms with Gasteiger partial charge in [-0.25, -0.2) is 5.43 Å². The van der Waals surface area contributed by atoms with Crippen LogP contribution in [-0.2, 0) is 10.2 Å². The predicted molar refractivity (Wildman–Crippen MR) is 150 cm³/mol. The molecule has 0 radical (unpaired) electrons. The fourth-order valence-corrected chi connectivity index (χ4v) is 4.58. The third kappa shape index (κ3) is 6.58. The standard InChI is InChI=1S/C29H31N5O4S/c1-29(2,3)21-11-9-19(10-12-21)27-32-33-28(34(27)22-13-15-23(37-4)16-14-22)39-18-25(35)31-30-17-20-7-6-8-24(38-5)26(20)36/h6-17H,18H2,1-5H3,(H2,30,31,35,36). The molecule has 4 rings (SSSR count). The van der Waals surface area contributed by atoms with Gasteiger partial charge in [0, 0.05) is 0 Å². The third-order valence-corrected chi connectivity index (χ3v) is 6.92. The van der Waals surface area contributed by atoms with Gasteiger partial charge in [-0.3, -0.25) is 4.79 Å². The summed E-state index contributed by atoms with van der Waals surface area (Å²) in [5.41, 5.74) is 5.87. The van der Waals surface area contributed by atoms with Crippen molar-refractivity contribution >= 4 is 23.9 Å². The summed E-state index contributed by atoms with van der Waals surface area (Å²) >= 11 is 1.26. The van der Waals surface area contributed by atoms with Gasteiger partial charge >= 0.3 is 5.16 Å². The van der Waals surface area contributed by atoms with E-state index in [1.54, 1.807) is 25.3 Å². The fourth-order valence-electron chi connectivity index (χ4n) is 3.82. The number of hydrogen-bond donors (Lipinski definition) is 2. The van der Waals surface area contributed by atoms with E-state index in [4.69, 9.17) is 9.47 Å². The number of amides is 1. The molecule has 10 heteroatoms. The minimum absolute atomic E-state index is 0.0389. The quantitative estimate of drug-likeness (QED) is 0.142. The highest BCUT2D eigenvalue weighted by Gasteiger charge is 2.25. The molecule has 0 aliphatic carbocycles. The van der Waals surface area contributed by atoms with Crippen LogP contribution in [0.2, 0.25) is 0 Å². The molecule has 0 saturated carbocycles. The van der Waals surface area contributed by atoms with Gasteiger partial charge in [-0.05, 0) is 70.8 Å². The maximum atomic E-state index is 12.5. The monoisotopic (exact) mass is 545 g/mol. The molecule has 0 atom stereocenters. The van der Waals surface area contributed by atoms with Crippen molar-refractivity contribution in [2.45, 2.75) is 31.3 Å². The SMILES string of the molecule is COc1ccc(-[n+]2c(SCC(=O)NN=Cc3cccc(OC)c3[O-])n[nH]c2-c2ccc(C(C)(C)C)cc2)cc1. The molecule has 1 heterocycles. The lowest BCUT2D eigenvalue weighted by Gasteiger charge is -2.18. The lowest BCUT2D eigenvalue weighted by molar-refractivity contribution is -0.625. The van der Waals surface area contributed by atoms with E-state index >= 15 is 0 Å². The molecule has 2 N–H and O–H groups in total. The van der Waals surface area contributed by atoms with Crippen molar-refractivity contribution in [2.75, 3.05) is 20.0 Å². The number of nitrogens with one attached hydrogen (secondary N) is 2. The Morgan fingerprint density at radius 2 is 1.79 bits per heavy atom. The number of aromatic amines is 1. The van der Waals surface area contributed by atoms with Gasteiger partial charge < -0.3 is 14.6 Å². The number of benzene rings is 3. The maximum absolute atomic E-state index is 12.5. The van der Waals surface area contributed by atoms with Crippen molar-refractivity contribution in [3.8, 4) is 34.3 Å². The molecule has 1 amide bonds. The molecule has 0 spiro atoms. The first-order chi connectivity index (χ1) is 18.7. The first-order valence-corrected chi connectivity index (χ1v) is 13.2. The Morgan fingerprint density at radius 1 is 1.08 bits per heavy atom. The van der Waals surface area contributed by atoms with Crippen molar-refractivity contribution < 1.29 is 23.9 Å². The van der Waals surface area contributed by atoms with Gasteiger partial charge in [0.05, 0.1) is 36.8 Å². The Labute approximate surface area is 231 Å². The van der Waals surface area contributed by atoms with E-state index in [1.807, 2.05) is 28.8 Å². The molecule has 39 heavy (non-hydrogen) atoms. The Morgan fingerprint density at radius 3 is 2.44 bits per heavy atom. The van der Waals surface area contributed by atoms with E-state index in [2.05, 4.69) is 65.8 Å². The molecule has 0 saturated heterocycles. The molecule has 0 unspecified atom stereocenters. The van der Waals surface area contributed by atoms with Crippen LogP contribution in [0.3, 0.4) is 0 Å². The van der Waals surface area contributed by atoms with E-state index in [9.17, 15) is 9.90 Å². The van der Waals surface area contributed by atoms with Gasteiger partial charge in [-0.2, -0.15) is 9.67 Å². The van der Waals surface area contributed by atoms with Crippen molar-refractivity contribution in [1.82, 2.24) is 15.6 Å². The number of hydrazone groups is 1. The van der Waals surface area contributed by atoms with Crippen molar-refractivity contribution in [3.05, 3.63) is 77.9 Å². The van der Waals surface area contributed by atoms with Crippen LogP contribution in [0.15, 0.2) is 77.0 Å². The number of hydrogen-bond acceptors (Lipinski definition) is 7. The van der Waals surface area contributed by atoms with E-state index in [0.717, 1.165) is 22.8 Å². The summed E-state index contributed by atoms with van der Waals surface area (Å²) in [6.07, 6.45) is 1.30. The van der Waals surface area contributed by atoms with Crippen molar-refractivity contribution in [1.29, 1.82) is 0 Å². The summed E-state index contributed by atoms with van der Waals surface area (Å²) in [7, 11) is 3.05. The van der Waals surface area contributed by atoms with E-state index in [0.29, 0.717) is 10.7 Å². The summed E-state index contributed by atoms with van der Waals surface area (Å²) in [5.74, 6) is 1.15. The summed E-state index contributed by atoms with van der Waals surface area (Å²) < 4.78 is 12.3. The van der Waals surface area contributed by atoms with Gasteiger partial charge in [0.2, 0.25) is 0 Å². The number of H-pyrrole nitrogens is 1. The fraction of sp³-hybridized carbons (Fsp3) is 0.241. The molecule has 3 aromatic carbocycles. The zero-order chi connectivity index (χ0) is 28.0. The van der Waals surface area contributed by atoms with E-state index < -0.39 is 0 Å². The topological polar surface area (TPSA) is 116 Å². The molecular formula is C29H31N5O4S. The van der Waals surface area contributed by atoms with Gasteiger partial charge in [0.15, 0.2) is 0 Å². The van der Waals surface area contributed by atoms with E-state index in [-0.39, 0.29) is 28.6 Å².